The summed E-state index contributed by atoms with van der Waals surface area (Å²) < 4.78 is 32.7. The molecule has 0 spiro atoms. The van der Waals surface area contributed by atoms with E-state index in [1.807, 2.05) is 103 Å². The topological polar surface area (TPSA) is 46.2 Å². The van der Waals surface area contributed by atoms with E-state index >= 15 is 0 Å². The Labute approximate surface area is 249 Å². The quantitative estimate of drug-likeness (QED) is 0.154. The first-order valence-corrected chi connectivity index (χ1v) is 14.4. The van der Waals surface area contributed by atoms with E-state index in [4.69, 9.17) is 23.7 Å². The highest BCUT2D eigenvalue weighted by Gasteiger charge is 2.47. The predicted molar refractivity (Wildman–Crippen MR) is 164 cm³/mol. The van der Waals surface area contributed by atoms with Gasteiger partial charge in [0.1, 0.15) is 30.5 Å². The van der Waals surface area contributed by atoms with Gasteiger partial charge in [-0.2, -0.15) is 0 Å². The number of benzene rings is 4. The molecule has 0 saturated carbocycles. The fourth-order valence-corrected chi connectivity index (χ4v) is 5.08. The van der Waals surface area contributed by atoms with E-state index in [1.165, 1.54) is 0 Å². The maximum absolute atomic E-state index is 6.69. The average Bonchev–Trinajstić information content (AvgIpc) is 3.05. The Morgan fingerprint density at radius 1 is 0.548 bits per heavy atom. The second-order valence-corrected chi connectivity index (χ2v) is 10.3. The molecule has 0 bridgehead atoms. The van der Waals surface area contributed by atoms with E-state index in [2.05, 4.69) is 36.6 Å². The van der Waals surface area contributed by atoms with Crippen LogP contribution in [0.4, 0.5) is 0 Å². The Bertz CT molecular complexity index is 1360. The van der Waals surface area contributed by atoms with Crippen molar-refractivity contribution in [3.05, 3.63) is 162 Å². The molecule has 1 aliphatic rings. The number of rotatable bonds is 14. The second-order valence-electron chi connectivity index (χ2n) is 10.3. The van der Waals surface area contributed by atoms with Crippen LogP contribution >= 0.6 is 0 Å². The molecular weight excluding hydrogens is 524 g/mol. The molecule has 1 heterocycles. The first-order valence-electron chi connectivity index (χ1n) is 14.4. The van der Waals surface area contributed by atoms with E-state index in [1.54, 1.807) is 0 Å². The first kappa shape index (κ1) is 29.7. The molecule has 5 atom stereocenters. The lowest BCUT2D eigenvalue weighted by Gasteiger charge is -2.45. The summed E-state index contributed by atoms with van der Waals surface area (Å²) in [7, 11) is 0. The SMILES string of the molecule is C=C=C[C@H]1O[C@H](COCc2ccccc2)[C@H](OCc2ccccc2)[C@H](OCc2ccccc2)[C@H]1OCc1ccccc1. The Morgan fingerprint density at radius 2 is 0.952 bits per heavy atom. The summed E-state index contributed by atoms with van der Waals surface area (Å²) in [5.41, 5.74) is 7.22. The summed E-state index contributed by atoms with van der Waals surface area (Å²) >= 11 is 0. The van der Waals surface area contributed by atoms with Crippen LogP contribution in [0.3, 0.4) is 0 Å². The minimum Gasteiger partial charge on any atom is -0.374 e. The van der Waals surface area contributed by atoms with E-state index in [0.717, 1.165) is 22.3 Å². The van der Waals surface area contributed by atoms with Gasteiger partial charge in [-0.25, -0.2) is 0 Å². The Hall–Kier alpha value is -3.80. The van der Waals surface area contributed by atoms with Gasteiger partial charge in [0.25, 0.3) is 0 Å². The third-order valence-electron chi connectivity index (χ3n) is 7.20. The second kappa shape index (κ2) is 16.0. The van der Waals surface area contributed by atoms with Crippen molar-refractivity contribution in [2.45, 2.75) is 56.9 Å². The van der Waals surface area contributed by atoms with Crippen LogP contribution in [-0.2, 0) is 50.1 Å². The van der Waals surface area contributed by atoms with Gasteiger partial charge in [-0.3, -0.25) is 0 Å². The van der Waals surface area contributed by atoms with Crippen LogP contribution in [0.25, 0.3) is 0 Å². The summed E-state index contributed by atoms with van der Waals surface area (Å²) in [6.45, 7) is 5.84. The largest absolute Gasteiger partial charge is 0.374 e. The maximum atomic E-state index is 6.69. The summed E-state index contributed by atoms with van der Waals surface area (Å²) in [5, 5.41) is 0. The van der Waals surface area contributed by atoms with Crippen molar-refractivity contribution in [1.29, 1.82) is 0 Å². The summed E-state index contributed by atoms with van der Waals surface area (Å²) in [5.74, 6) is 0. The molecule has 0 N–H and O–H groups in total. The molecule has 42 heavy (non-hydrogen) atoms. The van der Waals surface area contributed by atoms with Crippen molar-refractivity contribution in [2.24, 2.45) is 0 Å². The van der Waals surface area contributed by atoms with Gasteiger partial charge in [0, 0.05) is 0 Å². The summed E-state index contributed by atoms with van der Waals surface area (Å²) in [6, 6.07) is 40.5. The van der Waals surface area contributed by atoms with Crippen LogP contribution in [0.15, 0.2) is 140 Å². The lowest BCUT2D eigenvalue weighted by atomic mass is 9.93. The van der Waals surface area contributed by atoms with Crippen molar-refractivity contribution in [3.8, 4) is 0 Å². The van der Waals surface area contributed by atoms with E-state index < -0.39 is 30.5 Å². The molecule has 1 saturated heterocycles. The number of hydrogen-bond donors (Lipinski definition) is 0. The summed E-state index contributed by atoms with van der Waals surface area (Å²) in [6.07, 6.45) is -0.426. The van der Waals surface area contributed by atoms with E-state index in [0.29, 0.717) is 33.0 Å². The van der Waals surface area contributed by atoms with Crippen molar-refractivity contribution < 1.29 is 23.7 Å². The van der Waals surface area contributed by atoms with Crippen LogP contribution in [0.5, 0.6) is 0 Å². The van der Waals surface area contributed by atoms with Crippen molar-refractivity contribution >= 4 is 0 Å². The van der Waals surface area contributed by atoms with Crippen molar-refractivity contribution in [2.75, 3.05) is 6.61 Å². The Kier molecular flexibility index (Phi) is 11.3. The summed E-state index contributed by atoms with van der Waals surface area (Å²) in [4.78, 5) is 0. The van der Waals surface area contributed by atoms with Gasteiger partial charge in [0.05, 0.1) is 33.0 Å². The van der Waals surface area contributed by atoms with Crippen LogP contribution in [0, 0.1) is 0 Å². The molecule has 216 valence electrons. The zero-order valence-corrected chi connectivity index (χ0v) is 23.8. The molecule has 4 aromatic carbocycles. The third kappa shape index (κ3) is 8.60. The van der Waals surface area contributed by atoms with E-state index in [-0.39, 0.29) is 0 Å². The molecule has 4 aromatic rings. The van der Waals surface area contributed by atoms with Gasteiger partial charge in [-0.15, -0.1) is 5.73 Å². The van der Waals surface area contributed by atoms with Gasteiger partial charge in [0.15, 0.2) is 0 Å². The van der Waals surface area contributed by atoms with Gasteiger partial charge in [-0.1, -0.05) is 128 Å². The number of hydrogen-bond acceptors (Lipinski definition) is 5. The van der Waals surface area contributed by atoms with Crippen LogP contribution in [-0.4, -0.2) is 37.1 Å². The highest BCUT2D eigenvalue weighted by molar-refractivity contribution is 5.17. The van der Waals surface area contributed by atoms with Crippen LogP contribution in [0.1, 0.15) is 22.3 Å². The molecule has 0 aliphatic carbocycles. The monoisotopic (exact) mass is 562 g/mol. The smallest absolute Gasteiger partial charge is 0.117 e. The van der Waals surface area contributed by atoms with Gasteiger partial charge in [-0.05, 0) is 28.3 Å². The van der Waals surface area contributed by atoms with Gasteiger partial charge < -0.3 is 23.7 Å². The Balaban J connectivity index is 1.41. The first-order chi connectivity index (χ1) is 20.8. The molecule has 0 amide bonds. The fraction of sp³-hybridized carbons (Fsp3) is 0.270. The minimum absolute atomic E-state index is 0.326. The molecule has 5 rings (SSSR count). The standard InChI is InChI=1S/C37H38O5/c1-2-15-33-35(39-25-30-18-9-4-10-19-30)37(41-27-32-22-13-6-14-23-32)36(40-26-31-20-11-5-12-21-31)34(42-33)28-38-24-29-16-7-3-8-17-29/h3-23,33-37H,1,24-28H2/t33-,34-,35+,36+,37-/m1/s1. The van der Waals surface area contributed by atoms with E-state index in [9.17, 15) is 0 Å². The molecule has 1 fully saturated rings. The minimum atomic E-state index is -0.464. The molecule has 0 radical (unpaired) electrons. The molecule has 1 aliphatic heterocycles. The van der Waals surface area contributed by atoms with Crippen LogP contribution in [0.2, 0.25) is 0 Å². The van der Waals surface area contributed by atoms with Crippen LogP contribution < -0.4 is 0 Å². The Morgan fingerprint density at radius 3 is 1.40 bits per heavy atom. The number of ether oxygens (including phenoxy) is 5. The zero-order chi connectivity index (χ0) is 28.8. The maximum Gasteiger partial charge on any atom is 0.117 e. The lowest BCUT2D eigenvalue weighted by Crippen LogP contribution is -2.60. The van der Waals surface area contributed by atoms with Crippen molar-refractivity contribution in [3.63, 3.8) is 0 Å². The lowest BCUT2D eigenvalue weighted by molar-refractivity contribution is -0.263. The third-order valence-corrected chi connectivity index (χ3v) is 7.20. The van der Waals surface area contributed by atoms with Gasteiger partial charge in [0.2, 0.25) is 0 Å². The molecule has 5 nitrogen and oxygen atoms in total. The highest BCUT2D eigenvalue weighted by Crippen LogP contribution is 2.31. The highest BCUT2D eigenvalue weighted by atomic mass is 16.6. The zero-order valence-electron chi connectivity index (χ0n) is 23.8. The molecular formula is C37H38O5. The van der Waals surface area contributed by atoms with Crippen molar-refractivity contribution in [1.82, 2.24) is 0 Å². The fourth-order valence-electron chi connectivity index (χ4n) is 5.08. The van der Waals surface area contributed by atoms with Gasteiger partial charge >= 0.3 is 0 Å². The predicted octanol–water partition coefficient (Wildman–Crippen LogP) is 7.07. The molecule has 0 aromatic heterocycles. The molecule has 5 heteroatoms. The normalized spacial score (nSPS) is 21.9. The average molecular weight is 563 g/mol. The molecule has 0 unspecified atom stereocenters.